The third-order valence-corrected chi connectivity index (χ3v) is 10.5. The molecule has 7 rings (SSSR count). The molecule has 0 unspecified atom stereocenters. The summed E-state index contributed by atoms with van der Waals surface area (Å²) in [5.74, 6) is 0.361. The van der Waals surface area contributed by atoms with Gasteiger partial charge in [0.05, 0.1) is 17.3 Å². The molecular formula is C40H47FN8O3. The summed E-state index contributed by atoms with van der Waals surface area (Å²) in [5, 5.41) is 3.11. The highest BCUT2D eigenvalue weighted by Gasteiger charge is 2.28. The highest BCUT2D eigenvalue weighted by Crippen LogP contribution is 2.31. The van der Waals surface area contributed by atoms with Gasteiger partial charge in [-0.15, -0.1) is 0 Å². The molecule has 1 N–H and O–H groups in total. The molecule has 1 fully saturated rings. The second-order valence-electron chi connectivity index (χ2n) is 14.7. The zero-order chi connectivity index (χ0) is 36.4. The Labute approximate surface area is 302 Å². The molecular weight excluding hydrogens is 659 g/mol. The zero-order valence-electron chi connectivity index (χ0n) is 30.2. The quantitative estimate of drug-likeness (QED) is 0.205. The number of amides is 1. The Kier molecular flexibility index (Phi) is 10.5. The van der Waals surface area contributed by atoms with Crippen molar-refractivity contribution in [3.8, 4) is 16.8 Å². The van der Waals surface area contributed by atoms with Gasteiger partial charge in [-0.1, -0.05) is 36.4 Å². The van der Waals surface area contributed by atoms with Crippen LogP contribution in [-0.2, 0) is 19.5 Å². The molecule has 1 aliphatic heterocycles. The van der Waals surface area contributed by atoms with E-state index in [0.29, 0.717) is 30.8 Å². The van der Waals surface area contributed by atoms with Gasteiger partial charge in [-0.25, -0.2) is 23.7 Å². The van der Waals surface area contributed by atoms with Gasteiger partial charge in [0, 0.05) is 51.4 Å². The Morgan fingerprint density at radius 2 is 1.75 bits per heavy atom. The van der Waals surface area contributed by atoms with E-state index in [1.807, 2.05) is 30.5 Å². The number of aromatic nitrogens is 5. The van der Waals surface area contributed by atoms with Crippen LogP contribution in [0.3, 0.4) is 0 Å². The summed E-state index contributed by atoms with van der Waals surface area (Å²) >= 11 is 0. The fraction of sp³-hybridized carbons (Fsp3) is 0.425. The van der Waals surface area contributed by atoms with Crippen LogP contribution in [-0.4, -0.2) is 80.2 Å². The summed E-state index contributed by atoms with van der Waals surface area (Å²) in [5.41, 5.74) is 3.19. The number of rotatable bonds is 11. The van der Waals surface area contributed by atoms with Gasteiger partial charge in [-0.2, -0.15) is 0 Å². The lowest BCUT2D eigenvalue weighted by molar-refractivity contribution is 0.0936. The minimum Gasteiger partial charge on any atom is -0.350 e. The molecule has 1 saturated carbocycles. The predicted molar refractivity (Wildman–Crippen MR) is 200 cm³/mol. The topological polar surface area (TPSA) is 110 Å². The summed E-state index contributed by atoms with van der Waals surface area (Å²) in [7, 11) is 6.25. The van der Waals surface area contributed by atoms with E-state index in [1.165, 1.54) is 20.8 Å². The number of halogens is 1. The van der Waals surface area contributed by atoms with Crippen LogP contribution in [0.4, 0.5) is 4.39 Å². The third kappa shape index (κ3) is 7.63. The van der Waals surface area contributed by atoms with Crippen LogP contribution in [0.5, 0.6) is 0 Å². The van der Waals surface area contributed by atoms with Crippen LogP contribution >= 0.6 is 0 Å². The normalized spacial score (nSPS) is 17.5. The maximum Gasteiger partial charge on any atom is 0.337 e. The second kappa shape index (κ2) is 15.3. The monoisotopic (exact) mass is 706 g/mol. The summed E-state index contributed by atoms with van der Waals surface area (Å²) in [4.78, 5) is 54.3. The van der Waals surface area contributed by atoms with Crippen molar-refractivity contribution in [3.63, 3.8) is 0 Å². The molecule has 5 aromatic rings. The van der Waals surface area contributed by atoms with Crippen LogP contribution < -0.4 is 16.6 Å². The van der Waals surface area contributed by atoms with E-state index in [2.05, 4.69) is 75.1 Å². The van der Waals surface area contributed by atoms with E-state index in [9.17, 15) is 18.8 Å². The van der Waals surface area contributed by atoms with Crippen LogP contribution in [0.25, 0.3) is 27.8 Å². The molecule has 52 heavy (non-hydrogen) atoms. The van der Waals surface area contributed by atoms with Gasteiger partial charge < -0.3 is 19.7 Å². The minimum absolute atomic E-state index is 0.0601. The molecule has 3 aromatic heterocycles. The number of carbonyl (C=O) groups excluding carboxylic acids is 1. The third-order valence-electron chi connectivity index (χ3n) is 10.5. The van der Waals surface area contributed by atoms with E-state index in [0.717, 1.165) is 81.4 Å². The molecule has 0 bridgehead atoms. The molecule has 2 aromatic carbocycles. The fourth-order valence-electron chi connectivity index (χ4n) is 7.58. The van der Waals surface area contributed by atoms with Crippen LogP contribution in [0, 0.1) is 11.7 Å². The SMILES string of the molecule is CN(C)CCN(C)Cc1ccc(-c2cccc(-n3c(=O)n(C4CCC(CNC(=O)c5cn6c(n5)CCCC6)CC4)c(=O)c4cc(F)cnc43)c2)cc1. The van der Waals surface area contributed by atoms with Gasteiger partial charge in [-0.05, 0) is 100 Å². The van der Waals surface area contributed by atoms with Crippen molar-refractivity contribution < 1.29 is 9.18 Å². The minimum atomic E-state index is -0.638. The molecule has 11 nitrogen and oxygen atoms in total. The van der Waals surface area contributed by atoms with Gasteiger partial charge in [0.15, 0.2) is 5.65 Å². The molecule has 0 spiro atoms. The van der Waals surface area contributed by atoms with Gasteiger partial charge in [0.1, 0.15) is 17.3 Å². The van der Waals surface area contributed by atoms with Crippen molar-refractivity contribution in [2.45, 2.75) is 64.1 Å². The molecule has 0 atom stereocenters. The van der Waals surface area contributed by atoms with E-state index >= 15 is 0 Å². The Balaban J connectivity index is 1.10. The van der Waals surface area contributed by atoms with Gasteiger partial charge in [0.2, 0.25) is 0 Å². The molecule has 4 heterocycles. The number of aryl methyl sites for hydroxylation is 2. The lowest BCUT2D eigenvalue weighted by atomic mass is 9.85. The lowest BCUT2D eigenvalue weighted by Gasteiger charge is -2.30. The van der Waals surface area contributed by atoms with E-state index < -0.39 is 17.1 Å². The first-order valence-corrected chi connectivity index (χ1v) is 18.3. The van der Waals surface area contributed by atoms with Crippen molar-refractivity contribution in [3.05, 3.63) is 111 Å². The van der Waals surface area contributed by atoms with Gasteiger partial charge in [0.25, 0.3) is 11.5 Å². The van der Waals surface area contributed by atoms with E-state index in [4.69, 9.17) is 0 Å². The molecule has 1 amide bonds. The standard InChI is InChI=1S/C40H47FN8O3/c1-45(2)19-20-46(3)25-28-10-14-29(15-11-28)30-7-6-8-33(21-30)48-37-34(22-31(41)24-42-37)39(51)49(40(48)52)32-16-12-27(13-17-32)23-43-38(50)35-26-47-18-5-4-9-36(47)44-35/h6-8,10-11,14-15,21-22,24,26-27,32H,4-5,9,12-13,16-20,23,25H2,1-3H3,(H,43,50). The van der Waals surface area contributed by atoms with Crippen molar-refractivity contribution in [2.75, 3.05) is 40.8 Å². The van der Waals surface area contributed by atoms with Crippen molar-refractivity contribution >= 4 is 16.9 Å². The number of hydrogen-bond donors (Lipinski definition) is 1. The average molecular weight is 707 g/mol. The summed E-state index contributed by atoms with van der Waals surface area (Å²) in [6.07, 6.45) is 8.59. The number of hydrogen-bond acceptors (Lipinski definition) is 7. The number of benzene rings is 2. The molecule has 0 saturated heterocycles. The van der Waals surface area contributed by atoms with Crippen LogP contribution in [0.2, 0.25) is 0 Å². The number of carbonyl (C=O) groups is 1. The largest absolute Gasteiger partial charge is 0.350 e. The molecule has 1 aliphatic carbocycles. The number of imidazole rings is 1. The van der Waals surface area contributed by atoms with E-state index in [-0.39, 0.29) is 28.9 Å². The molecule has 2 aliphatic rings. The zero-order valence-corrected chi connectivity index (χ0v) is 30.2. The summed E-state index contributed by atoms with van der Waals surface area (Å²) in [6.45, 7) is 4.18. The van der Waals surface area contributed by atoms with E-state index in [1.54, 1.807) is 0 Å². The van der Waals surface area contributed by atoms with Gasteiger partial charge >= 0.3 is 5.69 Å². The first-order chi connectivity index (χ1) is 25.1. The number of nitrogens with one attached hydrogen (secondary N) is 1. The first kappa shape index (κ1) is 35.5. The smallest absolute Gasteiger partial charge is 0.337 e. The van der Waals surface area contributed by atoms with Crippen molar-refractivity contribution in [2.24, 2.45) is 5.92 Å². The molecule has 12 heteroatoms. The highest BCUT2D eigenvalue weighted by molar-refractivity contribution is 5.92. The predicted octanol–water partition coefficient (Wildman–Crippen LogP) is 5.04. The Hall–Kier alpha value is -4.94. The first-order valence-electron chi connectivity index (χ1n) is 18.3. The van der Waals surface area contributed by atoms with Crippen LogP contribution in [0.1, 0.15) is 66.4 Å². The number of likely N-dealkylation sites (N-methyl/N-ethyl adjacent to an activating group) is 2. The maximum absolute atomic E-state index is 14.5. The van der Waals surface area contributed by atoms with Gasteiger partial charge in [-0.3, -0.25) is 14.2 Å². The fourth-order valence-corrected chi connectivity index (χ4v) is 7.58. The Morgan fingerprint density at radius 1 is 0.962 bits per heavy atom. The second-order valence-corrected chi connectivity index (χ2v) is 14.7. The van der Waals surface area contributed by atoms with Crippen LogP contribution in [0.15, 0.2) is 76.6 Å². The Bertz CT molecular complexity index is 2160. The van der Waals surface area contributed by atoms with Crippen molar-refractivity contribution in [1.29, 1.82) is 0 Å². The molecule has 0 radical (unpaired) electrons. The summed E-state index contributed by atoms with van der Waals surface area (Å²) in [6, 6.07) is 16.8. The Morgan fingerprint density at radius 3 is 2.50 bits per heavy atom. The summed E-state index contributed by atoms with van der Waals surface area (Å²) < 4.78 is 19.3. The highest BCUT2D eigenvalue weighted by atomic mass is 19.1. The number of nitrogens with zero attached hydrogens (tertiary/aromatic N) is 7. The number of pyridine rings is 1. The molecule has 272 valence electrons. The van der Waals surface area contributed by atoms with Crippen molar-refractivity contribution in [1.82, 2.24) is 38.8 Å². The average Bonchev–Trinajstić information content (AvgIpc) is 3.59. The lowest BCUT2D eigenvalue weighted by Crippen LogP contribution is -2.43. The maximum atomic E-state index is 14.5. The number of fused-ring (bicyclic) bond motifs is 2.